The monoisotopic (exact) mass is 261 g/mol. The molecule has 0 amide bonds. The number of nitrogens with one attached hydrogen (secondary N) is 1. The van der Waals surface area contributed by atoms with Crippen LogP contribution in [0.15, 0.2) is 30.3 Å². The zero-order valence-corrected chi connectivity index (χ0v) is 12.3. The number of hydrogen-bond donors (Lipinski definition) is 1. The summed E-state index contributed by atoms with van der Waals surface area (Å²) in [5.74, 6) is 0. The predicted octanol–water partition coefficient (Wildman–Crippen LogP) is 2.51. The highest BCUT2D eigenvalue weighted by atomic mass is 15.2. The van der Waals surface area contributed by atoms with Gasteiger partial charge in [0.1, 0.15) is 0 Å². The molecule has 1 aromatic rings. The van der Waals surface area contributed by atoms with E-state index in [4.69, 9.17) is 0 Å². The van der Waals surface area contributed by atoms with Crippen LogP contribution in [0, 0.1) is 0 Å². The first-order valence-corrected chi connectivity index (χ1v) is 7.47. The van der Waals surface area contributed by atoms with Gasteiger partial charge in [0.25, 0.3) is 0 Å². The summed E-state index contributed by atoms with van der Waals surface area (Å²) >= 11 is 0. The van der Waals surface area contributed by atoms with Crippen molar-refractivity contribution in [3.05, 3.63) is 30.3 Å². The summed E-state index contributed by atoms with van der Waals surface area (Å²) in [5.41, 5.74) is 1.23. The molecule has 19 heavy (non-hydrogen) atoms. The van der Waals surface area contributed by atoms with E-state index in [0.29, 0.717) is 6.04 Å². The minimum absolute atomic E-state index is 0.684. The molecule has 0 radical (unpaired) electrons. The summed E-state index contributed by atoms with van der Waals surface area (Å²) in [6.45, 7) is 8.30. The van der Waals surface area contributed by atoms with E-state index >= 15 is 0 Å². The van der Waals surface area contributed by atoms with Crippen LogP contribution in [0.2, 0.25) is 0 Å². The fourth-order valence-corrected chi connectivity index (χ4v) is 2.82. The predicted molar refractivity (Wildman–Crippen MR) is 82.7 cm³/mol. The van der Waals surface area contributed by atoms with Crippen molar-refractivity contribution < 1.29 is 0 Å². The Morgan fingerprint density at radius 3 is 2.79 bits per heavy atom. The normalized spacial score (nSPS) is 22.1. The van der Waals surface area contributed by atoms with Gasteiger partial charge in [-0.05, 0) is 52.0 Å². The maximum absolute atomic E-state index is 3.49. The van der Waals surface area contributed by atoms with Gasteiger partial charge < -0.3 is 10.2 Å². The summed E-state index contributed by atoms with van der Waals surface area (Å²) in [4.78, 5) is 5.09. The lowest BCUT2D eigenvalue weighted by molar-refractivity contribution is 0.202. The lowest BCUT2D eigenvalue weighted by Crippen LogP contribution is -2.38. The second-order valence-electron chi connectivity index (χ2n) is 5.65. The second-order valence-corrected chi connectivity index (χ2v) is 5.65. The van der Waals surface area contributed by atoms with Crippen LogP contribution in [0.3, 0.4) is 0 Å². The Balaban J connectivity index is 1.67. The minimum atomic E-state index is 0.684. The van der Waals surface area contributed by atoms with Crippen LogP contribution in [0.4, 0.5) is 5.69 Å². The Kier molecular flexibility index (Phi) is 5.67. The fraction of sp³-hybridized carbons (Fsp3) is 0.625. The zero-order valence-electron chi connectivity index (χ0n) is 12.3. The third-order valence-corrected chi connectivity index (χ3v) is 3.91. The molecule has 0 spiro atoms. The molecule has 1 heterocycles. The van der Waals surface area contributed by atoms with Crippen LogP contribution in [0.5, 0.6) is 0 Å². The molecule has 1 aliphatic heterocycles. The Morgan fingerprint density at radius 1 is 1.21 bits per heavy atom. The smallest absolute Gasteiger partial charge is 0.0340 e. The van der Waals surface area contributed by atoms with Gasteiger partial charge in [-0.2, -0.15) is 0 Å². The number of para-hydroxylation sites is 1. The average molecular weight is 261 g/mol. The minimum Gasteiger partial charge on any atom is -0.385 e. The van der Waals surface area contributed by atoms with Crippen molar-refractivity contribution in [3.63, 3.8) is 0 Å². The first-order chi connectivity index (χ1) is 9.25. The first-order valence-electron chi connectivity index (χ1n) is 7.47. The van der Waals surface area contributed by atoms with E-state index in [0.717, 1.165) is 6.54 Å². The summed E-state index contributed by atoms with van der Waals surface area (Å²) in [6.07, 6.45) is 2.51. The average Bonchev–Trinajstić information content (AvgIpc) is 2.57. The molecule has 2 rings (SSSR count). The number of benzene rings is 1. The molecule has 106 valence electrons. The quantitative estimate of drug-likeness (QED) is 0.822. The number of likely N-dealkylation sites (N-methyl/N-ethyl adjacent to an activating group) is 1. The topological polar surface area (TPSA) is 18.5 Å². The molecule has 0 aliphatic carbocycles. The van der Waals surface area contributed by atoms with Crippen molar-refractivity contribution in [3.8, 4) is 0 Å². The second kappa shape index (κ2) is 7.51. The van der Waals surface area contributed by atoms with Gasteiger partial charge in [-0.3, -0.25) is 4.90 Å². The van der Waals surface area contributed by atoms with Crippen LogP contribution < -0.4 is 5.32 Å². The van der Waals surface area contributed by atoms with E-state index in [9.17, 15) is 0 Å². The zero-order chi connectivity index (χ0) is 13.5. The summed E-state index contributed by atoms with van der Waals surface area (Å²) in [5, 5.41) is 3.49. The van der Waals surface area contributed by atoms with E-state index < -0.39 is 0 Å². The van der Waals surface area contributed by atoms with E-state index in [1.165, 1.54) is 44.7 Å². The summed E-state index contributed by atoms with van der Waals surface area (Å²) in [7, 11) is 2.23. The van der Waals surface area contributed by atoms with Gasteiger partial charge in [-0.15, -0.1) is 0 Å². The Bertz CT molecular complexity index is 352. The van der Waals surface area contributed by atoms with Crippen LogP contribution in [-0.2, 0) is 0 Å². The number of hydrogen-bond acceptors (Lipinski definition) is 3. The van der Waals surface area contributed by atoms with Crippen molar-refractivity contribution in [2.45, 2.75) is 25.8 Å². The largest absolute Gasteiger partial charge is 0.385 e. The van der Waals surface area contributed by atoms with Crippen LogP contribution in [-0.4, -0.2) is 55.6 Å². The highest BCUT2D eigenvalue weighted by Gasteiger charge is 2.18. The third-order valence-electron chi connectivity index (χ3n) is 3.91. The van der Waals surface area contributed by atoms with Gasteiger partial charge in [0, 0.05) is 31.4 Å². The first kappa shape index (κ1) is 14.4. The van der Waals surface area contributed by atoms with Crippen LogP contribution in [0.25, 0.3) is 0 Å². The Hall–Kier alpha value is -1.06. The molecule has 1 atom stereocenters. The SMILES string of the molecule is CC1CN(C)CCCN1CCCNc1ccccc1. The van der Waals surface area contributed by atoms with Gasteiger partial charge in [0.05, 0.1) is 0 Å². The number of nitrogens with zero attached hydrogens (tertiary/aromatic N) is 2. The molecule has 1 fully saturated rings. The molecule has 0 aromatic heterocycles. The van der Waals surface area contributed by atoms with Crippen LogP contribution >= 0.6 is 0 Å². The lowest BCUT2D eigenvalue weighted by atomic mass is 10.2. The van der Waals surface area contributed by atoms with E-state index in [1.54, 1.807) is 0 Å². The number of rotatable bonds is 5. The third kappa shape index (κ3) is 4.84. The van der Waals surface area contributed by atoms with E-state index in [2.05, 4.69) is 59.4 Å². The van der Waals surface area contributed by atoms with E-state index in [-0.39, 0.29) is 0 Å². The molecule has 1 unspecified atom stereocenters. The van der Waals surface area contributed by atoms with E-state index in [1.807, 2.05) is 0 Å². The van der Waals surface area contributed by atoms with Crippen molar-refractivity contribution in [1.82, 2.24) is 9.80 Å². The van der Waals surface area contributed by atoms with Crippen molar-refractivity contribution in [2.75, 3.05) is 45.1 Å². The van der Waals surface area contributed by atoms with Crippen LogP contribution in [0.1, 0.15) is 19.8 Å². The van der Waals surface area contributed by atoms with Gasteiger partial charge in [0.15, 0.2) is 0 Å². The van der Waals surface area contributed by atoms with Crippen molar-refractivity contribution in [1.29, 1.82) is 0 Å². The highest BCUT2D eigenvalue weighted by molar-refractivity contribution is 5.42. The maximum atomic E-state index is 3.49. The maximum Gasteiger partial charge on any atom is 0.0340 e. The molecule has 3 nitrogen and oxygen atoms in total. The molecule has 1 aliphatic rings. The van der Waals surface area contributed by atoms with Gasteiger partial charge >= 0.3 is 0 Å². The summed E-state index contributed by atoms with van der Waals surface area (Å²) in [6, 6.07) is 11.2. The van der Waals surface area contributed by atoms with Gasteiger partial charge in [-0.25, -0.2) is 0 Å². The standard InChI is InChI=1S/C16H27N3/c1-15-14-18(2)11-7-13-19(15)12-6-10-17-16-8-4-3-5-9-16/h3-5,8-9,15,17H,6-7,10-14H2,1-2H3. The van der Waals surface area contributed by atoms with Crippen molar-refractivity contribution >= 4 is 5.69 Å². The molecule has 3 heteroatoms. The molecular formula is C16H27N3. The number of anilines is 1. The Morgan fingerprint density at radius 2 is 2.00 bits per heavy atom. The highest BCUT2D eigenvalue weighted by Crippen LogP contribution is 2.09. The molecule has 1 N–H and O–H groups in total. The Labute approximate surface area is 117 Å². The molecule has 1 aromatic carbocycles. The van der Waals surface area contributed by atoms with Gasteiger partial charge in [0.2, 0.25) is 0 Å². The molecule has 0 saturated carbocycles. The van der Waals surface area contributed by atoms with Gasteiger partial charge in [-0.1, -0.05) is 18.2 Å². The fourth-order valence-electron chi connectivity index (χ4n) is 2.82. The lowest BCUT2D eigenvalue weighted by Gasteiger charge is -2.27. The molecule has 0 bridgehead atoms. The molecule has 1 saturated heterocycles. The van der Waals surface area contributed by atoms with Crippen molar-refractivity contribution in [2.24, 2.45) is 0 Å². The summed E-state index contributed by atoms with van der Waals surface area (Å²) < 4.78 is 0. The molecular weight excluding hydrogens is 234 g/mol.